The van der Waals surface area contributed by atoms with Crippen LogP contribution >= 0.6 is 22.6 Å². The smallest absolute Gasteiger partial charge is 0.0112 e. The zero-order valence-corrected chi connectivity index (χ0v) is 21.7. The van der Waals surface area contributed by atoms with E-state index in [4.69, 9.17) is 0 Å². The summed E-state index contributed by atoms with van der Waals surface area (Å²) in [5.41, 5.74) is 3.34. The van der Waals surface area contributed by atoms with Crippen LogP contribution in [0.3, 0.4) is 0 Å². The third kappa shape index (κ3) is 4.27. The zero-order chi connectivity index (χ0) is 20.9. The minimum atomic E-state index is 0.267. The molecule has 1 heteroatoms. The maximum absolute atomic E-state index is 2.76. The van der Waals surface area contributed by atoms with E-state index >= 15 is 0 Å². The van der Waals surface area contributed by atoms with E-state index in [0.717, 1.165) is 45.3 Å². The summed E-state index contributed by atoms with van der Waals surface area (Å²) in [6.45, 7) is 6.97. The Bertz CT molecular complexity index is 713. The summed E-state index contributed by atoms with van der Waals surface area (Å²) in [4.78, 5) is 0. The highest BCUT2D eigenvalue weighted by Crippen LogP contribution is 2.59. The summed E-state index contributed by atoms with van der Waals surface area (Å²) >= 11 is 2.76. The van der Waals surface area contributed by atoms with Gasteiger partial charge < -0.3 is 0 Å². The van der Waals surface area contributed by atoms with Crippen LogP contribution in [0.4, 0.5) is 0 Å². The van der Waals surface area contributed by atoms with E-state index in [0.29, 0.717) is 0 Å². The zero-order valence-electron chi connectivity index (χ0n) is 19.6. The van der Waals surface area contributed by atoms with E-state index in [1.807, 2.05) is 0 Å². The molecule has 30 heavy (non-hydrogen) atoms. The van der Waals surface area contributed by atoms with Crippen LogP contribution in [0.15, 0.2) is 24.3 Å². The summed E-state index contributed by atoms with van der Waals surface area (Å²) < 4.78 is 0.964. The molecule has 4 saturated carbocycles. The molecule has 5 rings (SSSR count). The molecular weight excluding hydrogens is 475 g/mol. The van der Waals surface area contributed by atoms with Gasteiger partial charge in [0.2, 0.25) is 0 Å². The molecule has 4 aliphatic rings. The molecule has 0 N–H and O–H groups in total. The van der Waals surface area contributed by atoms with E-state index in [2.05, 4.69) is 67.6 Å². The van der Waals surface area contributed by atoms with Crippen LogP contribution in [0, 0.1) is 41.4 Å². The van der Waals surface area contributed by atoms with Crippen LogP contribution in [0.1, 0.15) is 96.1 Å². The topological polar surface area (TPSA) is 0 Å². The molecule has 4 fully saturated rings. The highest BCUT2D eigenvalue weighted by atomic mass is 127. The van der Waals surface area contributed by atoms with Crippen LogP contribution in [0.2, 0.25) is 0 Å². The second-order valence-corrected chi connectivity index (χ2v) is 14.2. The van der Waals surface area contributed by atoms with Gasteiger partial charge in [-0.15, -0.1) is 0 Å². The molecule has 0 heterocycles. The molecule has 0 bridgehead atoms. The van der Waals surface area contributed by atoms with Crippen molar-refractivity contribution < 1.29 is 0 Å². The molecule has 1 aromatic carbocycles. The molecule has 0 radical (unpaired) electrons. The number of hydrogen-bond donors (Lipinski definition) is 0. The Labute approximate surface area is 199 Å². The third-order valence-corrected chi connectivity index (χ3v) is 11.0. The quantitative estimate of drug-likeness (QED) is 0.272. The maximum atomic E-state index is 2.76. The highest BCUT2D eigenvalue weighted by molar-refractivity contribution is 14.1. The minimum absolute atomic E-state index is 0.267. The average molecular weight is 519 g/mol. The van der Waals surface area contributed by atoms with Crippen molar-refractivity contribution in [1.29, 1.82) is 0 Å². The van der Waals surface area contributed by atoms with Crippen molar-refractivity contribution in [2.45, 2.75) is 101 Å². The normalized spacial score (nSPS) is 41.5. The van der Waals surface area contributed by atoms with Crippen LogP contribution in [0.25, 0.3) is 0 Å². The van der Waals surface area contributed by atoms with E-state index in [9.17, 15) is 0 Å². The average Bonchev–Trinajstić information content (AvgIpc) is 3.01. The van der Waals surface area contributed by atoms with E-state index in [1.54, 1.807) is 44.1 Å². The first-order chi connectivity index (χ1) is 14.4. The molecule has 4 aliphatic carbocycles. The molecule has 8 atom stereocenters. The molecule has 0 aromatic heterocycles. The van der Waals surface area contributed by atoms with Crippen molar-refractivity contribution in [3.05, 3.63) is 35.4 Å². The lowest BCUT2D eigenvalue weighted by molar-refractivity contribution is -0.0107. The molecule has 1 aromatic rings. The lowest BCUT2D eigenvalue weighted by atomic mass is 9.55. The Kier molecular flexibility index (Phi) is 6.32. The molecule has 0 amide bonds. The molecular formula is C29H43I. The van der Waals surface area contributed by atoms with Gasteiger partial charge in [0, 0.05) is 3.92 Å². The van der Waals surface area contributed by atoms with Crippen molar-refractivity contribution in [2.75, 3.05) is 0 Å². The first-order valence-electron chi connectivity index (χ1n) is 13.1. The molecule has 0 saturated heterocycles. The van der Waals surface area contributed by atoms with Gasteiger partial charge in [-0.05, 0) is 122 Å². The van der Waals surface area contributed by atoms with Gasteiger partial charge in [-0.25, -0.2) is 0 Å². The monoisotopic (exact) mass is 518 g/mol. The van der Waals surface area contributed by atoms with Gasteiger partial charge in [-0.2, -0.15) is 0 Å². The number of halogens is 1. The number of alkyl halides is 1. The SMILES string of the molecule is CC(C)(C)c1ccc(CC2CCC3C2CCC2C4CCCC(I)CC4CCC32)cc1. The summed E-state index contributed by atoms with van der Waals surface area (Å²) in [5, 5.41) is 0. The van der Waals surface area contributed by atoms with Crippen LogP contribution in [-0.4, -0.2) is 3.92 Å². The largest absolute Gasteiger partial charge is 0.0826 e. The van der Waals surface area contributed by atoms with Gasteiger partial charge in [0.05, 0.1) is 0 Å². The van der Waals surface area contributed by atoms with Gasteiger partial charge >= 0.3 is 0 Å². The number of benzene rings is 1. The minimum Gasteiger partial charge on any atom is -0.0826 e. The third-order valence-electron chi connectivity index (χ3n) is 9.92. The van der Waals surface area contributed by atoms with E-state index in [-0.39, 0.29) is 5.41 Å². The Hall–Kier alpha value is -0.0500. The molecule has 0 spiro atoms. The molecule has 8 unspecified atom stereocenters. The maximum Gasteiger partial charge on any atom is 0.0112 e. The van der Waals surface area contributed by atoms with Crippen molar-refractivity contribution in [3.8, 4) is 0 Å². The van der Waals surface area contributed by atoms with Crippen molar-refractivity contribution >= 4 is 22.6 Å². The lowest BCUT2D eigenvalue weighted by Crippen LogP contribution is -2.43. The summed E-state index contributed by atoms with van der Waals surface area (Å²) in [6, 6.07) is 9.67. The number of fused-ring (bicyclic) bond motifs is 5. The predicted molar refractivity (Wildman–Crippen MR) is 137 cm³/mol. The van der Waals surface area contributed by atoms with Crippen molar-refractivity contribution in [3.63, 3.8) is 0 Å². The van der Waals surface area contributed by atoms with E-state index in [1.165, 1.54) is 37.7 Å². The van der Waals surface area contributed by atoms with E-state index < -0.39 is 0 Å². The summed E-state index contributed by atoms with van der Waals surface area (Å²) in [7, 11) is 0. The van der Waals surface area contributed by atoms with Gasteiger partial charge in [-0.3, -0.25) is 0 Å². The second kappa shape index (κ2) is 8.71. The first-order valence-corrected chi connectivity index (χ1v) is 14.4. The van der Waals surface area contributed by atoms with Crippen molar-refractivity contribution in [1.82, 2.24) is 0 Å². The second-order valence-electron chi connectivity index (χ2n) is 12.5. The van der Waals surface area contributed by atoms with Gasteiger partial charge in [-0.1, -0.05) is 74.0 Å². The summed E-state index contributed by atoms with van der Waals surface area (Å²) in [6.07, 6.45) is 16.7. The fraction of sp³-hybridized carbons (Fsp3) is 0.793. The molecule has 0 aliphatic heterocycles. The highest BCUT2D eigenvalue weighted by Gasteiger charge is 2.50. The fourth-order valence-corrected chi connectivity index (χ4v) is 9.57. The number of rotatable bonds is 2. The Morgan fingerprint density at radius 1 is 0.733 bits per heavy atom. The van der Waals surface area contributed by atoms with Crippen LogP contribution in [0.5, 0.6) is 0 Å². The summed E-state index contributed by atoms with van der Waals surface area (Å²) in [5.74, 6) is 7.41. The van der Waals surface area contributed by atoms with Crippen molar-refractivity contribution in [2.24, 2.45) is 41.4 Å². The fourth-order valence-electron chi connectivity index (χ4n) is 8.47. The van der Waals surface area contributed by atoms with Gasteiger partial charge in [0.1, 0.15) is 0 Å². The standard InChI is InChI=1S/C29H43I/c1-29(2,3)22-11-7-19(8-12-22)17-20-9-13-26-25(20)15-16-27-24-6-4-5-23(30)18-21(24)10-14-28(26)27/h7-8,11-12,20-21,23-28H,4-6,9-10,13-18H2,1-3H3. The van der Waals surface area contributed by atoms with Gasteiger partial charge in [0.25, 0.3) is 0 Å². The number of hydrogen-bond acceptors (Lipinski definition) is 0. The lowest BCUT2D eigenvalue weighted by Gasteiger charge is -2.51. The Morgan fingerprint density at radius 3 is 2.13 bits per heavy atom. The molecule has 166 valence electrons. The Morgan fingerprint density at radius 2 is 1.37 bits per heavy atom. The van der Waals surface area contributed by atoms with Crippen LogP contribution in [-0.2, 0) is 11.8 Å². The van der Waals surface area contributed by atoms with Gasteiger partial charge in [0.15, 0.2) is 0 Å². The Balaban J connectivity index is 1.25. The van der Waals surface area contributed by atoms with Crippen LogP contribution < -0.4 is 0 Å². The first kappa shape index (κ1) is 21.8. The molecule has 0 nitrogen and oxygen atoms in total. The predicted octanol–water partition coefficient (Wildman–Crippen LogP) is 8.60.